The van der Waals surface area contributed by atoms with Gasteiger partial charge in [0.05, 0.1) is 16.1 Å². The van der Waals surface area contributed by atoms with Crippen LogP contribution in [0.1, 0.15) is 20.7 Å². The van der Waals surface area contributed by atoms with E-state index in [4.69, 9.17) is 11.6 Å². The Morgan fingerprint density at radius 1 is 1.15 bits per heavy atom. The van der Waals surface area contributed by atoms with Gasteiger partial charge in [0.1, 0.15) is 0 Å². The Hall–Kier alpha value is -0.620. The molecule has 2 amide bonds. The second-order valence-corrected chi connectivity index (χ2v) is 4.16. The molecule has 1 aliphatic rings. The summed E-state index contributed by atoms with van der Waals surface area (Å²) in [6.45, 7) is 0. The molecule has 0 fully saturated rings. The lowest BCUT2D eigenvalue weighted by atomic mass is 10.1. The highest BCUT2D eigenvalue weighted by molar-refractivity contribution is 14.1. The summed E-state index contributed by atoms with van der Waals surface area (Å²) in [6, 6.07) is 3.12. The predicted octanol–water partition coefficient (Wildman–Crippen LogP) is 1.83. The summed E-state index contributed by atoms with van der Waals surface area (Å²) in [5.74, 6) is -0.729. The van der Waals surface area contributed by atoms with Gasteiger partial charge in [0.15, 0.2) is 0 Å². The third kappa shape index (κ3) is 1.34. The number of carbonyl (C=O) groups excluding carboxylic acids is 2. The standard InChI is InChI=1S/C8H3ClINO2/c9-5-1-3-4(2-6(5)10)8(13)11-7(3)12/h1-2H,(H,11,12,13). The molecule has 0 atom stereocenters. The maximum Gasteiger partial charge on any atom is 0.258 e. The summed E-state index contributed by atoms with van der Waals surface area (Å²) in [4.78, 5) is 22.3. The van der Waals surface area contributed by atoms with E-state index in [0.29, 0.717) is 16.1 Å². The molecule has 0 radical (unpaired) electrons. The van der Waals surface area contributed by atoms with Crippen molar-refractivity contribution in [3.63, 3.8) is 0 Å². The van der Waals surface area contributed by atoms with Gasteiger partial charge in [0, 0.05) is 3.57 Å². The van der Waals surface area contributed by atoms with E-state index in [1.807, 2.05) is 22.6 Å². The van der Waals surface area contributed by atoms with Gasteiger partial charge < -0.3 is 0 Å². The third-order valence-corrected chi connectivity index (χ3v) is 3.30. The smallest absolute Gasteiger partial charge is 0.258 e. The van der Waals surface area contributed by atoms with Crippen molar-refractivity contribution >= 4 is 46.0 Å². The molecule has 13 heavy (non-hydrogen) atoms. The summed E-state index contributed by atoms with van der Waals surface area (Å²) in [5, 5.41) is 2.69. The van der Waals surface area contributed by atoms with Gasteiger partial charge in [-0.25, -0.2) is 0 Å². The van der Waals surface area contributed by atoms with Crippen molar-refractivity contribution in [1.82, 2.24) is 5.32 Å². The van der Waals surface area contributed by atoms with E-state index in [1.165, 1.54) is 6.07 Å². The third-order valence-electron chi connectivity index (χ3n) is 1.78. The van der Waals surface area contributed by atoms with Gasteiger partial charge in [-0.3, -0.25) is 14.9 Å². The van der Waals surface area contributed by atoms with Gasteiger partial charge >= 0.3 is 0 Å². The molecule has 1 heterocycles. The van der Waals surface area contributed by atoms with Crippen LogP contribution in [0.3, 0.4) is 0 Å². The van der Waals surface area contributed by atoms with Crippen molar-refractivity contribution < 1.29 is 9.59 Å². The highest BCUT2D eigenvalue weighted by atomic mass is 127. The van der Waals surface area contributed by atoms with E-state index in [9.17, 15) is 9.59 Å². The summed E-state index contributed by atoms with van der Waals surface area (Å²) < 4.78 is 0.767. The van der Waals surface area contributed by atoms with Crippen LogP contribution in [0.2, 0.25) is 5.02 Å². The van der Waals surface area contributed by atoms with Crippen LogP contribution in [0.25, 0.3) is 0 Å². The zero-order valence-electron chi connectivity index (χ0n) is 6.23. The molecular weight excluding hydrogens is 304 g/mol. The van der Waals surface area contributed by atoms with Crippen LogP contribution in [0.15, 0.2) is 12.1 Å². The summed E-state index contributed by atoms with van der Waals surface area (Å²) >= 11 is 7.82. The van der Waals surface area contributed by atoms with Crippen LogP contribution in [-0.2, 0) is 0 Å². The van der Waals surface area contributed by atoms with Crippen LogP contribution in [0.4, 0.5) is 0 Å². The minimum Gasteiger partial charge on any atom is -0.288 e. The summed E-state index contributed by atoms with van der Waals surface area (Å²) in [7, 11) is 0. The molecule has 3 nitrogen and oxygen atoms in total. The van der Waals surface area contributed by atoms with Crippen LogP contribution in [-0.4, -0.2) is 11.8 Å². The lowest BCUT2D eigenvalue weighted by Gasteiger charge is -1.97. The molecule has 1 aliphatic heterocycles. The predicted molar refractivity (Wildman–Crippen MR) is 56.0 cm³/mol. The first kappa shape index (κ1) is 8.96. The zero-order valence-corrected chi connectivity index (χ0v) is 9.14. The number of nitrogens with one attached hydrogen (secondary N) is 1. The van der Waals surface area contributed by atoms with Crippen LogP contribution in [0.5, 0.6) is 0 Å². The van der Waals surface area contributed by atoms with E-state index >= 15 is 0 Å². The Bertz CT molecular complexity index is 391. The molecule has 0 spiro atoms. The molecule has 2 rings (SSSR count). The molecule has 0 aromatic heterocycles. The van der Waals surface area contributed by atoms with Gasteiger partial charge in [-0.2, -0.15) is 0 Å². The van der Waals surface area contributed by atoms with Crippen LogP contribution in [0, 0.1) is 3.57 Å². The molecule has 0 unspecified atom stereocenters. The molecule has 66 valence electrons. The quantitative estimate of drug-likeness (QED) is 0.587. The number of carbonyl (C=O) groups is 2. The molecule has 5 heteroatoms. The molecule has 1 aromatic carbocycles. The molecule has 0 saturated heterocycles. The molecule has 0 bridgehead atoms. The van der Waals surface area contributed by atoms with E-state index in [-0.39, 0.29) is 11.8 Å². The van der Waals surface area contributed by atoms with Gasteiger partial charge in [0.25, 0.3) is 11.8 Å². The summed E-state index contributed by atoms with van der Waals surface area (Å²) in [5.41, 5.74) is 0.759. The van der Waals surface area contributed by atoms with Gasteiger partial charge in [0.2, 0.25) is 0 Å². The lowest BCUT2D eigenvalue weighted by Crippen LogP contribution is -2.19. The van der Waals surface area contributed by atoms with Gasteiger partial charge in [-0.15, -0.1) is 0 Å². The second-order valence-electron chi connectivity index (χ2n) is 2.60. The van der Waals surface area contributed by atoms with Crippen LogP contribution < -0.4 is 5.32 Å². The fourth-order valence-corrected chi connectivity index (χ4v) is 1.79. The Labute approximate surface area is 92.6 Å². The number of halogens is 2. The molecule has 0 aliphatic carbocycles. The minimum absolute atomic E-state index is 0.352. The number of hydrogen-bond acceptors (Lipinski definition) is 2. The first-order chi connectivity index (χ1) is 6.09. The number of imide groups is 1. The van der Waals surface area contributed by atoms with Crippen molar-refractivity contribution in [2.24, 2.45) is 0 Å². The fraction of sp³-hybridized carbons (Fsp3) is 0. The number of fused-ring (bicyclic) bond motifs is 1. The van der Waals surface area contributed by atoms with Crippen molar-refractivity contribution in [2.75, 3.05) is 0 Å². The fourth-order valence-electron chi connectivity index (χ4n) is 1.16. The summed E-state index contributed by atoms with van der Waals surface area (Å²) in [6.07, 6.45) is 0. The van der Waals surface area contributed by atoms with E-state index < -0.39 is 0 Å². The molecule has 1 N–H and O–H groups in total. The van der Waals surface area contributed by atoms with Gasteiger partial charge in [-0.1, -0.05) is 11.6 Å². The van der Waals surface area contributed by atoms with Crippen molar-refractivity contribution in [3.8, 4) is 0 Å². The van der Waals surface area contributed by atoms with Crippen molar-refractivity contribution in [3.05, 3.63) is 31.9 Å². The molecular formula is C8H3ClINO2. The number of rotatable bonds is 0. The largest absolute Gasteiger partial charge is 0.288 e. The van der Waals surface area contributed by atoms with Crippen molar-refractivity contribution in [1.29, 1.82) is 0 Å². The first-order valence-electron chi connectivity index (χ1n) is 3.44. The Balaban J connectivity index is 2.72. The Morgan fingerprint density at radius 2 is 1.69 bits per heavy atom. The maximum absolute atomic E-state index is 11.2. The first-order valence-corrected chi connectivity index (χ1v) is 4.90. The van der Waals surface area contributed by atoms with Gasteiger partial charge in [-0.05, 0) is 34.7 Å². The Kier molecular flexibility index (Phi) is 2.03. The average Bonchev–Trinajstić information content (AvgIpc) is 2.31. The maximum atomic E-state index is 11.2. The average molecular weight is 307 g/mol. The minimum atomic E-state index is -0.377. The zero-order chi connectivity index (χ0) is 9.59. The number of hydrogen-bond donors (Lipinski definition) is 1. The normalized spacial score (nSPS) is 14.3. The van der Waals surface area contributed by atoms with E-state index in [0.717, 1.165) is 3.57 Å². The molecule has 0 saturated carbocycles. The highest BCUT2D eigenvalue weighted by Crippen LogP contribution is 2.25. The number of benzene rings is 1. The molecule has 1 aromatic rings. The van der Waals surface area contributed by atoms with E-state index in [1.54, 1.807) is 6.07 Å². The lowest BCUT2D eigenvalue weighted by molar-refractivity contribution is 0.0879. The number of amides is 2. The Morgan fingerprint density at radius 3 is 2.31 bits per heavy atom. The highest BCUT2D eigenvalue weighted by Gasteiger charge is 2.27. The van der Waals surface area contributed by atoms with E-state index in [2.05, 4.69) is 5.32 Å². The monoisotopic (exact) mass is 307 g/mol. The van der Waals surface area contributed by atoms with Crippen LogP contribution >= 0.6 is 34.2 Å². The second kappa shape index (κ2) is 2.95. The SMILES string of the molecule is O=C1NC(=O)c2cc(I)c(Cl)cc21. The van der Waals surface area contributed by atoms with Crippen molar-refractivity contribution in [2.45, 2.75) is 0 Å². The topological polar surface area (TPSA) is 46.2 Å².